The number of nitrogens with zero attached hydrogens (tertiary/aromatic N) is 4. The molecule has 0 N–H and O–H groups in total. The largest absolute Gasteiger partial charge is 0.348 e. The van der Waals surface area contributed by atoms with Crippen LogP contribution in [0.4, 0.5) is 4.39 Å². The Morgan fingerprint density at radius 2 is 1.73 bits per heavy atom. The summed E-state index contributed by atoms with van der Waals surface area (Å²) < 4.78 is 17.3. The monoisotopic (exact) mass is 456 g/mol. The van der Waals surface area contributed by atoms with Crippen LogP contribution in [0.2, 0.25) is 5.02 Å². The highest BCUT2D eigenvalue weighted by Crippen LogP contribution is 2.22. The van der Waals surface area contributed by atoms with E-state index in [1.165, 1.54) is 22.8 Å². The van der Waals surface area contributed by atoms with Crippen LogP contribution in [0.15, 0.2) is 90.0 Å². The Hall–Kier alpha value is -4.03. The first-order valence-electron chi connectivity index (χ1n) is 10.3. The number of para-hydroxylation sites is 1. The van der Waals surface area contributed by atoms with E-state index in [-0.39, 0.29) is 5.39 Å². The zero-order chi connectivity index (χ0) is 22.8. The Morgan fingerprint density at radius 1 is 0.909 bits per heavy atom. The molecule has 5 rings (SSSR count). The van der Waals surface area contributed by atoms with Crippen LogP contribution < -0.4 is 5.56 Å². The predicted octanol–water partition coefficient (Wildman–Crippen LogP) is 5.59. The molecule has 0 aliphatic carbocycles. The van der Waals surface area contributed by atoms with Crippen molar-refractivity contribution in [3.05, 3.63) is 124 Å². The van der Waals surface area contributed by atoms with Gasteiger partial charge in [-0.25, -0.2) is 9.37 Å². The second-order valence-corrected chi connectivity index (χ2v) is 7.87. The van der Waals surface area contributed by atoms with E-state index in [1.54, 1.807) is 36.4 Å². The highest BCUT2D eigenvalue weighted by atomic mass is 35.5. The van der Waals surface area contributed by atoms with Crippen LogP contribution in [0.1, 0.15) is 17.2 Å². The van der Waals surface area contributed by atoms with Gasteiger partial charge in [0.05, 0.1) is 39.5 Å². The molecular formula is C26H18ClFN4O. The van der Waals surface area contributed by atoms with Gasteiger partial charge < -0.3 is 4.57 Å². The molecule has 33 heavy (non-hydrogen) atoms. The van der Waals surface area contributed by atoms with Gasteiger partial charge in [0.15, 0.2) is 0 Å². The molecule has 0 amide bonds. The summed E-state index contributed by atoms with van der Waals surface area (Å²) in [6.07, 6.45) is 7.47. The molecular weight excluding hydrogens is 439 g/mol. The number of fused-ring (bicyclic) bond motifs is 1. The zero-order valence-corrected chi connectivity index (χ0v) is 18.2. The lowest BCUT2D eigenvalue weighted by Gasteiger charge is -2.13. The molecule has 0 aliphatic rings. The smallest absolute Gasteiger partial charge is 0.266 e. The maximum Gasteiger partial charge on any atom is 0.266 e. The molecule has 0 aliphatic heterocycles. The first-order chi connectivity index (χ1) is 16.1. The van der Waals surface area contributed by atoms with Gasteiger partial charge in [-0.15, -0.1) is 0 Å². The van der Waals surface area contributed by atoms with Crippen molar-refractivity contribution in [1.29, 1.82) is 0 Å². The first kappa shape index (κ1) is 20.8. The van der Waals surface area contributed by atoms with Crippen molar-refractivity contribution in [2.45, 2.75) is 6.54 Å². The standard InChI is InChI=1S/C26H18ClFN4O/c27-22-8-1-2-9-24(22)32-25(30-23-12-10-18(28)16-21(23)26(32)33)13-11-19-6-5-7-20(29-19)17-31-14-3-4-15-31/h1-16H,17H2/b13-11+. The summed E-state index contributed by atoms with van der Waals surface area (Å²) in [6.45, 7) is 0.652. The average Bonchev–Trinajstić information content (AvgIpc) is 3.32. The lowest BCUT2D eigenvalue weighted by Crippen LogP contribution is -2.22. The van der Waals surface area contributed by atoms with Crippen LogP contribution in [0.25, 0.3) is 28.7 Å². The van der Waals surface area contributed by atoms with Crippen LogP contribution in [-0.2, 0) is 6.54 Å². The van der Waals surface area contributed by atoms with Gasteiger partial charge in [0.1, 0.15) is 11.6 Å². The lowest BCUT2D eigenvalue weighted by atomic mass is 10.2. The van der Waals surface area contributed by atoms with Crippen LogP contribution in [0, 0.1) is 5.82 Å². The lowest BCUT2D eigenvalue weighted by molar-refractivity contribution is 0.629. The summed E-state index contributed by atoms with van der Waals surface area (Å²) in [5, 5.41) is 0.567. The van der Waals surface area contributed by atoms with Crippen LogP contribution in [-0.4, -0.2) is 19.1 Å². The molecule has 3 aromatic heterocycles. The van der Waals surface area contributed by atoms with Crippen molar-refractivity contribution in [2.24, 2.45) is 0 Å². The van der Waals surface area contributed by atoms with Gasteiger partial charge in [-0.05, 0) is 66.7 Å². The Morgan fingerprint density at radius 3 is 2.55 bits per heavy atom. The van der Waals surface area contributed by atoms with E-state index in [0.717, 1.165) is 11.4 Å². The fourth-order valence-corrected chi connectivity index (χ4v) is 3.87. The van der Waals surface area contributed by atoms with E-state index < -0.39 is 11.4 Å². The number of pyridine rings is 1. The highest BCUT2D eigenvalue weighted by Gasteiger charge is 2.14. The average molecular weight is 457 g/mol. The van der Waals surface area contributed by atoms with E-state index in [2.05, 4.69) is 9.97 Å². The van der Waals surface area contributed by atoms with Crippen LogP contribution in [0.5, 0.6) is 0 Å². The second kappa shape index (κ2) is 8.84. The van der Waals surface area contributed by atoms with Crippen LogP contribution >= 0.6 is 11.6 Å². The fraction of sp³-hybridized carbons (Fsp3) is 0.0385. The van der Waals surface area contributed by atoms with E-state index in [4.69, 9.17) is 11.6 Å². The Kier molecular flexibility index (Phi) is 5.59. The molecule has 2 aromatic carbocycles. The van der Waals surface area contributed by atoms with Crippen molar-refractivity contribution >= 4 is 34.7 Å². The van der Waals surface area contributed by atoms with Gasteiger partial charge in [-0.1, -0.05) is 29.8 Å². The van der Waals surface area contributed by atoms with Gasteiger partial charge in [0, 0.05) is 12.4 Å². The van der Waals surface area contributed by atoms with Crippen molar-refractivity contribution in [2.75, 3.05) is 0 Å². The maximum atomic E-state index is 13.8. The van der Waals surface area contributed by atoms with Crippen LogP contribution in [0.3, 0.4) is 0 Å². The maximum absolute atomic E-state index is 13.8. The van der Waals surface area contributed by atoms with E-state index in [9.17, 15) is 9.18 Å². The quantitative estimate of drug-likeness (QED) is 0.346. The number of halogens is 2. The summed E-state index contributed by atoms with van der Waals surface area (Å²) in [7, 11) is 0. The van der Waals surface area contributed by atoms with E-state index in [0.29, 0.717) is 28.6 Å². The van der Waals surface area contributed by atoms with Crippen molar-refractivity contribution in [3.63, 3.8) is 0 Å². The molecule has 7 heteroatoms. The second-order valence-electron chi connectivity index (χ2n) is 7.47. The summed E-state index contributed by atoms with van der Waals surface area (Å²) in [4.78, 5) is 22.6. The number of benzene rings is 2. The van der Waals surface area contributed by atoms with Crippen molar-refractivity contribution in [3.8, 4) is 5.69 Å². The van der Waals surface area contributed by atoms with Gasteiger partial charge in [0.2, 0.25) is 0 Å². The summed E-state index contributed by atoms with van der Waals surface area (Å²) in [6, 6.07) is 20.7. The summed E-state index contributed by atoms with van der Waals surface area (Å²) in [5.41, 5.74) is 2.09. The Labute approximate surface area is 194 Å². The summed E-state index contributed by atoms with van der Waals surface area (Å²) >= 11 is 6.39. The molecule has 0 saturated heterocycles. The number of hydrogen-bond donors (Lipinski definition) is 0. The third-order valence-corrected chi connectivity index (χ3v) is 5.51. The third kappa shape index (κ3) is 4.33. The summed E-state index contributed by atoms with van der Waals surface area (Å²) in [5.74, 6) is -0.135. The number of aromatic nitrogens is 4. The van der Waals surface area contributed by atoms with Crippen molar-refractivity contribution in [1.82, 2.24) is 19.1 Å². The van der Waals surface area contributed by atoms with Crippen molar-refractivity contribution < 1.29 is 4.39 Å². The number of hydrogen-bond acceptors (Lipinski definition) is 3. The normalized spacial score (nSPS) is 11.5. The minimum atomic E-state index is -0.501. The molecule has 162 valence electrons. The molecule has 0 radical (unpaired) electrons. The minimum absolute atomic E-state index is 0.180. The van der Waals surface area contributed by atoms with E-state index >= 15 is 0 Å². The molecule has 0 unspecified atom stereocenters. The molecule has 3 heterocycles. The van der Waals surface area contributed by atoms with Gasteiger partial charge in [0.25, 0.3) is 5.56 Å². The van der Waals surface area contributed by atoms with E-state index in [1.807, 2.05) is 47.3 Å². The van der Waals surface area contributed by atoms with Gasteiger partial charge in [-0.3, -0.25) is 14.3 Å². The fourth-order valence-electron chi connectivity index (χ4n) is 3.65. The molecule has 0 saturated carbocycles. The molecule has 5 nitrogen and oxygen atoms in total. The zero-order valence-electron chi connectivity index (χ0n) is 17.4. The molecule has 0 atom stereocenters. The predicted molar refractivity (Wildman–Crippen MR) is 129 cm³/mol. The third-order valence-electron chi connectivity index (χ3n) is 5.19. The molecule has 0 fully saturated rings. The minimum Gasteiger partial charge on any atom is -0.348 e. The molecule has 5 aromatic rings. The molecule has 0 bridgehead atoms. The first-order valence-corrected chi connectivity index (χ1v) is 10.7. The number of rotatable bonds is 5. The topological polar surface area (TPSA) is 52.7 Å². The SMILES string of the molecule is O=c1c2cc(F)ccc2nc(/C=C/c2cccc(Cn3cccc3)n2)n1-c1ccccc1Cl. The molecule has 0 spiro atoms. The van der Waals surface area contributed by atoms with Gasteiger partial charge in [-0.2, -0.15) is 0 Å². The Bertz CT molecular complexity index is 1540. The Balaban J connectivity index is 1.61. The van der Waals surface area contributed by atoms with Gasteiger partial charge >= 0.3 is 0 Å². The highest BCUT2D eigenvalue weighted by molar-refractivity contribution is 6.32.